The largest absolute Gasteiger partial charge is 0.508 e. The van der Waals surface area contributed by atoms with Crippen molar-refractivity contribution in [1.82, 2.24) is 0 Å². The molecule has 0 aliphatic carbocycles. The maximum Gasteiger partial charge on any atom is 0.377 e. The first-order valence-electron chi connectivity index (χ1n) is 4.75. The lowest BCUT2D eigenvalue weighted by Gasteiger charge is -2.16. The zero-order chi connectivity index (χ0) is 11.5. The predicted molar refractivity (Wildman–Crippen MR) is 54.1 cm³/mol. The van der Waals surface area contributed by atoms with Crippen LogP contribution in [0.2, 0.25) is 0 Å². The zero-order valence-corrected chi connectivity index (χ0v) is 8.60. The minimum absolute atomic E-state index is 0.0347. The van der Waals surface area contributed by atoms with Crippen molar-refractivity contribution in [1.29, 1.82) is 0 Å². The van der Waals surface area contributed by atoms with Gasteiger partial charge < -0.3 is 19.3 Å². The molecule has 1 heterocycles. The van der Waals surface area contributed by atoms with E-state index in [1.54, 1.807) is 13.0 Å². The third-order valence-corrected chi connectivity index (χ3v) is 1.92. The van der Waals surface area contributed by atoms with E-state index < -0.39 is 5.97 Å². The van der Waals surface area contributed by atoms with Crippen LogP contribution in [0.15, 0.2) is 30.2 Å². The second kappa shape index (κ2) is 4.14. The van der Waals surface area contributed by atoms with E-state index in [2.05, 4.69) is 0 Å². The van der Waals surface area contributed by atoms with Crippen LogP contribution in [0.25, 0.3) is 0 Å². The second-order valence-corrected chi connectivity index (χ2v) is 3.05. The van der Waals surface area contributed by atoms with E-state index in [4.69, 9.17) is 14.2 Å². The van der Waals surface area contributed by atoms with E-state index in [-0.39, 0.29) is 23.9 Å². The van der Waals surface area contributed by atoms with Crippen molar-refractivity contribution in [3.63, 3.8) is 0 Å². The zero-order valence-electron chi connectivity index (χ0n) is 8.60. The molecule has 1 aliphatic heterocycles. The molecule has 5 nitrogen and oxygen atoms in total. The van der Waals surface area contributed by atoms with Crippen LogP contribution in [0.1, 0.15) is 6.92 Å². The Balaban J connectivity index is 2.20. The average molecular weight is 222 g/mol. The Hall–Kier alpha value is -2.17. The van der Waals surface area contributed by atoms with Gasteiger partial charge in [0.15, 0.2) is 11.5 Å². The molecule has 0 saturated carbocycles. The molecule has 1 aromatic carbocycles. The molecule has 0 radical (unpaired) electrons. The van der Waals surface area contributed by atoms with Gasteiger partial charge in [-0.2, -0.15) is 0 Å². The highest BCUT2D eigenvalue weighted by molar-refractivity contribution is 5.87. The summed E-state index contributed by atoms with van der Waals surface area (Å²) < 4.78 is 15.1. The van der Waals surface area contributed by atoms with E-state index in [0.29, 0.717) is 5.75 Å². The number of ether oxygens (including phenoxy) is 3. The average Bonchev–Trinajstić information content (AvgIpc) is 2.28. The fraction of sp³-hybridized carbons (Fsp3) is 0.182. The van der Waals surface area contributed by atoms with Gasteiger partial charge >= 0.3 is 5.97 Å². The molecule has 0 amide bonds. The van der Waals surface area contributed by atoms with Crippen LogP contribution >= 0.6 is 0 Å². The van der Waals surface area contributed by atoms with E-state index in [0.717, 1.165) is 0 Å². The van der Waals surface area contributed by atoms with Gasteiger partial charge in [-0.3, -0.25) is 0 Å². The van der Waals surface area contributed by atoms with Gasteiger partial charge in [-0.1, -0.05) is 0 Å². The van der Waals surface area contributed by atoms with Crippen molar-refractivity contribution >= 4 is 5.97 Å². The molecule has 0 atom stereocenters. The smallest absolute Gasteiger partial charge is 0.377 e. The van der Waals surface area contributed by atoms with Gasteiger partial charge in [0.2, 0.25) is 5.76 Å². The normalized spacial score (nSPS) is 12.9. The fourth-order valence-corrected chi connectivity index (χ4v) is 1.23. The third-order valence-electron chi connectivity index (χ3n) is 1.92. The minimum Gasteiger partial charge on any atom is -0.508 e. The van der Waals surface area contributed by atoms with Crippen molar-refractivity contribution < 1.29 is 24.1 Å². The third kappa shape index (κ3) is 1.93. The van der Waals surface area contributed by atoms with E-state index >= 15 is 0 Å². The molecule has 2 rings (SSSR count). The van der Waals surface area contributed by atoms with Crippen LogP contribution in [-0.2, 0) is 9.53 Å². The highest BCUT2D eigenvalue weighted by Crippen LogP contribution is 2.35. The van der Waals surface area contributed by atoms with Crippen molar-refractivity contribution in [2.45, 2.75) is 6.92 Å². The molecule has 0 unspecified atom stereocenters. The lowest BCUT2D eigenvalue weighted by Crippen LogP contribution is -2.16. The van der Waals surface area contributed by atoms with Gasteiger partial charge in [-0.05, 0) is 19.1 Å². The highest BCUT2D eigenvalue weighted by atomic mass is 16.6. The summed E-state index contributed by atoms with van der Waals surface area (Å²) in [7, 11) is 0. The monoisotopic (exact) mass is 222 g/mol. The standard InChI is InChI=1S/C11H10O5/c1-2-14-11(13)10-6-15-8-4-3-7(12)5-9(8)16-10/h3-6,12H,2H2,1H3. The highest BCUT2D eigenvalue weighted by Gasteiger charge is 2.21. The molecule has 0 aromatic heterocycles. The van der Waals surface area contributed by atoms with Crippen LogP contribution < -0.4 is 9.47 Å². The molecular weight excluding hydrogens is 212 g/mol. The molecule has 5 heteroatoms. The Morgan fingerprint density at radius 2 is 2.25 bits per heavy atom. The Kier molecular flexibility index (Phi) is 2.68. The number of carbonyl (C=O) groups excluding carboxylic acids is 1. The predicted octanol–water partition coefficient (Wildman–Crippen LogP) is 1.57. The van der Waals surface area contributed by atoms with Crippen molar-refractivity contribution in [2.24, 2.45) is 0 Å². The van der Waals surface area contributed by atoms with Crippen molar-refractivity contribution in [3.05, 3.63) is 30.2 Å². The van der Waals surface area contributed by atoms with E-state index in [1.165, 1.54) is 18.4 Å². The number of hydrogen-bond donors (Lipinski definition) is 1. The van der Waals surface area contributed by atoms with Crippen LogP contribution in [0.4, 0.5) is 0 Å². The molecule has 1 N–H and O–H groups in total. The van der Waals surface area contributed by atoms with E-state index in [1.807, 2.05) is 0 Å². The van der Waals surface area contributed by atoms with Crippen LogP contribution in [0, 0.1) is 0 Å². The molecule has 0 fully saturated rings. The summed E-state index contributed by atoms with van der Waals surface area (Å²) in [4.78, 5) is 11.3. The number of fused-ring (bicyclic) bond motifs is 1. The van der Waals surface area contributed by atoms with Crippen LogP contribution in [-0.4, -0.2) is 17.7 Å². The molecule has 0 spiro atoms. The Bertz CT molecular complexity index is 450. The number of benzene rings is 1. The van der Waals surface area contributed by atoms with Crippen LogP contribution in [0.5, 0.6) is 17.2 Å². The molecular formula is C11H10O5. The molecule has 0 saturated heterocycles. The van der Waals surface area contributed by atoms with Crippen molar-refractivity contribution in [2.75, 3.05) is 6.61 Å². The number of esters is 1. The second-order valence-electron chi connectivity index (χ2n) is 3.05. The molecule has 1 aliphatic rings. The minimum atomic E-state index is -0.600. The first-order valence-corrected chi connectivity index (χ1v) is 4.75. The first kappa shape index (κ1) is 10.4. The fourth-order valence-electron chi connectivity index (χ4n) is 1.23. The quantitative estimate of drug-likeness (QED) is 0.769. The lowest BCUT2D eigenvalue weighted by molar-refractivity contribution is -0.141. The summed E-state index contributed by atoms with van der Waals surface area (Å²) in [6, 6.07) is 4.37. The molecule has 0 bridgehead atoms. The maximum atomic E-state index is 11.3. The van der Waals surface area contributed by atoms with Gasteiger partial charge in [-0.25, -0.2) is 4.79 Å². The van der Waals surface area contributed by atoms with E-state index in [9.17, 15) is 9.90 Å². The summed E-state index contributed by atoms with van der Waals surface area (Å²) in [6.07, 6.45) is 1.18. The Labute approximate surface area is 91.9 Å². The van der Waals surface area contributed by atoms with Gasteiger partial charge in [0.1, 0.15) is 12.0 Å². The first-order chi connectivity index (χ1) is 7.70. The number of aromatic hydroxyl groups is 1. The molecule has 84 valence electrons. The lowest BCUT2D eigenvalue weighted by atomic mass is 10.3. The summed E-state index contributed by atoms with van der Waals surface area (Å²) >= 11 is 0. The number of rotatable bonds is 2. The summed E-state index contributed by atoms with van der Waals surface area (Å²) in [5.41, 5.74) is 0. The Morgan fingerprint density at radius 1 is 1.44 bits per heavy atom. The molecule has 16 heavy (non-hydrogen) atoms. The van der Waals surface area contributed by atoms with Gasteiger partial charge in [0.25, 0.3) is 0 Å². The van der Waals surface area contributed by atoms with Crippen LogP contribution in [0.3, 0.4) is 0 Å². The van der Waals surface area contributed by atoms with Crippen molar-refractivity contribution in [3.8, 4) is 17.2 Å². The number of hydrogen-bond acceptors (Lipinski definition) is 5. The summed E-state index contributed by atoms with van der Waals surface area (Å²) in [6.45, 7) is 1.95. The maximum absolute atomic E-state index is 11.3. The van der Waals surface area contributed by atoms with Gasteiger partial charge in [0, 0.05) is 6.07 Å². The number of phenols is 1. The van der Waals surface area contributed by atoms with Gasteiger partial charge in [0.05, 0.1) is 6.61 Å². The number of carbonyl (C=O) groups is 1. The SMILES string of the molecule is CCOC(=O)C1=COc2ccc(O)cc2O1. The van der Waals surface area contributed by atoms with Gasteiger partial charge in [-0.15, -0.1) is 0 Å². The Morgan fingerprint density at radius 3 is 3.00 bits per heavy atom. The summed E-state index contributed by atoms with van der Waals surface area (Å²) in [5.74, 6) is 0.111. The molecule has 1 aromatic rings. The number of phenolic OH excluding ortho intramolecular Hbond substituents is 1. The topological polar surface area (TPSA) is 65.0 Å². The summed E-state index contributed by atoms with van der Waals surface area (Å²) in [5, 5.41) is 9.25.